The summed E-state index contributed by atoms with van der Waals surface area (Å²) in [4.78, 5) is 8.26. The standard InChI is InChI=1S/C24H28N2O4S/c1-29-11-12-30-20-14-19-15-23(26-24(19)25-16-20)22(13-17-5-3-4-6-17)18-7-9-21(10-8-18)31(2,27)28/h7-10,13-17H,3-6,11-12H2,1-2H3,(H,25,26)/b22-13+. The number of hydrogen-bond donors (Lipinski definition) is 1. The molecule has 2 aromatic heterocycles. The van der Waals surface area contributed by atoms with Gasteiger partial charge < -0.3 is 14.5 Å². The number of aromatic amines is 1. The van der Waals surface area contributed by atoms with Crippen LogP contribution in [0, 0.1) is 5.92 Å². The van der Waals surface area contributed by atoms with E-state index < -0.39 is 9.84 Å². The summed E-state index contributed by atoms with van der Waals surface area (Å²) >= 11 is 0. The first-order valence-corrected chi connectivity index (χ1v) is 12.5. The molecule has 0 amide bonds. The molecule has 164 valence electrons. The van der Waals surface area contributed by atoms with Gasteiger partial charge in [-0.1, -0.05) is 31.1 Å². The van der Waals surface area contributed by atoms with Crippen molar-refractivity contribution >= 4 is 26.4 Å². The molecule has 1 aliphatic carbocycles. The molecule has 1 fully saturated rings. The highest BCUT2D eigenvalue weighted by atomic mass is 32.2. The zero-order valence-corrected chi connectivity index (χ0v) is 18.7. The Morgan fingerprint density at radius 3 is 2.58 bits per heavy atom. The highest BCUT2D eigenvalue weighted by molar-refractivity contribution is 7.90. The van der Waals surface area contributed by atoms with Crippen LogP contribution in [0.2, 0.25) is 0 Å². The molecule has 1 N–H and O–H groups in total. The second kappa shape index (κ2) is 9.24. The van der Waals surface area contributed by atoms with Gasteiger partial charge >= 0.3 is 0 Å². The molecular formula is C24H28N2O4S. The van der Waals surface area contributed by atoms with Gasteiger partial charge in [-0.15, -0.1) is 0 Å². The monoisotopic (exact) mass is 440 g/mol. The van der Waals surface area contributed by atoms with E-state index in [9.17, 15) is 8.42 Å². The van der Waals surface area contributed by atoms with Crippen LogP contribution in [0.25, 0.3) is 16.6 Å². The predicted octanol–water partition coefficient (Wildman–Crippen LogP) is 4.61. The largest absolute Gasteiger partial charge is 0.490 e. The molecule has 31 heavy (non-hydrogen) atoms. The Hall–Kier alpha value is -2.64. The maximum absolute atomic E-state index is 11.9. The van der Waals surface area contributed by atoms with E-state index in [0.29, 0.717) is 29.8 Å². The number of rotatable bonds is 8. The van der Waals surface area contributed by atoms with Gasteiger partial charge in [-0.3, -0.25) is 0 Å². The number of benzene rings is 1. The normalized spacial score (nSPS) is 15.6. The van der Waals surface area contributed by atoms with E-state index in [1.165, 1.54) is 31.9 Å². The fourth-order valence-corrected chi connectivity index (χ4v) is 4.68. The molecule has 0 spiro atoms. The van der Waals surface area contributed by atoms with Gasteiger partial charge in [0, 0.05) is 30.0 Å². The van der Waals surface area contributed by atoms with Crippen molar-refractivity contribution in [3.63, 3.8) is 0 Å². The molecule has 1 aliphatic rings. The summed E-state index contributed by atoms with van der Waals surface area (Å²) in [6, 6.07) is 11.2. The number of nitrogens with zero attached hydrogens (tertiary/aromatic N) is 1. The Labute approximate surface area is 183 Å². The van der Waals surface area contributed by atoms with Crippen molar-refractivity contribution in [1.29, 1.82) is 0 Å². The van der Waals surface area contributed by atoms with Crippen LogP contribution in [0.3, 0.4) is 0 Å². The van der Waals surface area contributed by atoms with Crippen LogP contribution in [0.4, 0.5) is 0 Å². The quantitative estimate of drug-likeness (QED) is 0.517. The van der Waals surface area contributed by atoms with Crippen LogP contribution in [-0.4, -0.2) is 45.0 Å². The number of fused-ring (bicyclic) bond motifs is 1. The van der Waals surface area contributed by atoms with Gasteiger partial charge in [-0.25, -0.2) is 13.4 Å². The Morgan fingerprint density at radius 1 is 1.16 bits per heavy atom. The molecular weight excluding hydrogens is 412 g/mol. The number of aromatic nitrogens is 2. The van der Waals surface area contributed by atoms with Crippen molar-refractivity contribution in [3.8, 4) is 5.75 Å². The molecule has 0 unspecified atom stereocenters. The van der Waals surface area contributed by atoms with Gasteiger partial charge in [0.15, 0.2) is 9.84 Å². The lowest BCUT2D eigenvalue weighted by Crippen LogP contribution is -2.04. The number of hydrogen-bond acceptors (Lipinski definition) is 5. The number of allylic oxidation sites excluding steroid dienone is 1. The smallest absolute Gasteiger partial charge is 0.175 e. The summed E-state index contributed by atoms with van der Waals surface area (Å²) < 4.78 is 34.4. The van der Waals surface area contributed by atoms with Crippen molar-refractivity contribution in [3.05, 3.63) is 59.9 Å². The summed E-state index contributed by atoms with van der Waals surface area (Å²) in [6.07, 6.45) is 10.1. The molecule has 1 aromatic carbocycles. The first-order valence-electron chi connectivity index (χ1n) is 10.6. The number of methoxy groups -OCH3 is 1. The third-order valence-electron chi connectivity index (χ3n) is 5.69. The van der Waals surface area contributed by atoms with Gasteiger partial charge in [0.05, 0.1) is 17.7 Å². The van der Waals surface area contributed by atoms with Crippen LogP contribution in [-0.2, 0) is 14.6 Å². The molecule has 0 bridgehead atoms. The Bertz CT molecular complexity index is 1170. The minimum Gasteiger partial charge on any atom is -0.490 e. The van der Waals surface area contributed by atoms with Crippen LogP contribution in [0.15, 0.2) is 53.6 Å². The van der Waals surface area contributed by atoms with Crippen molar-refractivity contribution < 1.29 is 17.9 Å². The lowest BCUT2D eigenvalue weighted by Gasteiger charge is -2.11. The lowest BCUT2D eigenvalue weighted by atomic mass is 9.96. The molecule has 0 radical (unpaired) electrons. The average molecular weight is 441 g/mol. The van der Waals surface area contributed by atoms with Crippen LogP contribution < -0.4 is 4.74 Å². The Kier molecular flexibility index (Phi) is 6.43. The number of pyridine rings is 1. The Morgan fingerprint density at radius 2 is 1.90 bits per heavy atom. The highest BCUT2D eigenvalue weighted by Crippen LogP contribution is 2.33. The van der Waals surface area contributed by atoms with Gasteiger partial charge in [0.2, 0.25) is 0 Å². The molecule has 0 atom stereocenters. The maximum Gasteiger partial charge on any atom is 0.175 e. The summed E-state index contributed by atoms with van der Waals surface area (Å²) in [5.74, 6) is 1.23. The molecule has 0 aliphatic heterocycles. The highest BCUT2D eigenvalue weighted by Gasteiger charge is 2.17. The summed E-state index contributed by atoms with van der Waals surface area (Å²) in [5, 5.41) is 0.968. The van der Waals surface area contributed by atoms with Crippen LogP contribution in [0.5, 0.6) is 5.75 Å². The minimum absolute atomic E-state index is 0.327. The third-order valence-corrected chi connectivity index (χ3v) is 6.82. The molecule has 2 heterocycles. The third kappa shape index (κ3) is 5.17. The van der Waals surface area contributed by atoms with Gasteiger partial charge in [-0.05, 0) is 48.6 Å². The number of ether oxygens (including phenoxy) is 2. The molecule has 0 saturated heterocycles. The second-order valence-corrected chi connectivity index (χ2v) is 10.1. The maximum atomic E-state index is 11.9. The van der Waals surface area contributed by atoms with Crippen molar-refractivity contribution in [2.45, 2.75) is 30.6 Å². The fourth-order valence-electron chi connectivity index (χ4n) is 4.05. The SMILES string of the molecule is COCCOc1cnc2[nH]c(/C(=C/C3CCCC3)c3ccc(S(C)(=O)=O)cc3)cc2c1. The van der Waals surface area contributed by atoms with Gasteiger partial charge in [-0.2, -0.15) is 0 Å². The van der Waals surface area contributed by atoms with Crippen molar-refractivity contribution in [1.82, 2.24) is 9.97 Å². The van der Waals surface area contributed by atoms with Crippen LogP contribution >= 0.6 is 0 Å². The molecule has 1 saturated carbocycles. The van der Waals surface area contributed by atoms with E-state index in [0.717, 1.165) is 27.9 Å². The predicted molar refractivity (Wildman–Crippen MR) is 122 cm³/mol. The van der Waals surface area contributed by atoms with E-state index in [4.69, 9.17) is 9.47 Å². The average Bonchev–Trinajstić information content (AvgIpc) is 3.41. The number of nitrogens with one attached hydrogen (secondary N) is 1. The van der Waals surface area contributed by atoms with Gasteiger partial charge in [0.25, 0.3) is 0 Å². The number of H-pyrrole nitrogens is 1. The minimum atomic E-state index is -3.23. The lowest BCUT2D eigenvalue weighted by molar-refractivity contribution is 0.146. The summed E-state index contributed by atoms with van der Waals surface area (Å²) in [5.41, 5.74) is 3.82. The van der Waals surface area contributed by atoms with Crippen molar-refractivity contribution in [2.75, 3.05) is 26.6 Å². The summed E-state index contributed by atoms with van der Waals surface area (Å²) in [7, 11) is -1.58. The van der Waals surface area contributed by atoms with E-state index in [-0.39, 0.29) is 0 Å². The first kappa shape index (κ1) is 21.6. The van der Waals surface area contributed by atoms with E-state index >= 15 is 0 Å². The summed E-state index contributed by atoms with van der Waals surface area (Å²) in [6.45, 7) is 0.995. The van der Waals surface area contributed by atoms with E-state index in [2.05, 4.69) is 22.1 Å². The molecule has 6 nitrogen and oxygen atoms in total. The van der Waals surface area contributed by atoms with E-state index in [1.807, 2.05) is 18.2 Å². The van der Waals surface area contributed by atoms with Crippen LogP contribution in [0.1, 0.15) is 36.9 Å². The molecule has 3 aromatic rings. The van der Waals surface area contributed by atoms with Gasteiger partial charge in [0.1, 0.15) is 18.0 Å². The first-order chi connectivity index (χ1) is 14.9. The fraction of sp³-hybridized carbons (Fsp3) is 0.375. The zero-order chi connectivity index (χ0) is 21.8. The zero-order valence-electron chi connectivity index (χ0n) is 17.9. The Balaban J connectivity index is 1.70. The topological polar surface area (TPSA) is 81.3 Å². The molecule has 4 rings (SSSR count). The molecule has 7 heteroatoms. The number of sulfone groups is 1. The van der Waals surface area contributed by atoms with E-state index in [1.54, 1.807) is 25.4 Å². The second-order valence-electron chi connectivity index (χ2n) is 8.05. The van der Waals surface area contributed by atoms with Crippen molar-refractivity contribution in [2.24, 2.45) is 5.92 Å².